The third kappa shape index (κ3) is 7.44. The Labute approximate surface area is 224 Å². The molecular weight excluding hydrogens is 486 g/mol. The fraction of sp³-hybridized carbons (Fsp3) is 0.519. The van der Waals surface area contributed by atoms with Crippen molar-refractivity contribution in [2.45, 2.75) is 36.6 Å². The van der Waals surface area contributed by atoms with Crippen LogP contribution in [0, 0.1) is 0 Å². The van der Waals surface area contributed by atoms with Crippen LogP contribution in [0.1, 0.15) is 18.1 Å². The lowest BCUT2D eigenvalue weighted by Crippen LogP contribution is -2.52. The molecule has 1 aromatic heterocycles. The van der Waals surface area contributed by atoms with Gasteiger partial charge in [-0.05, 0) is 55.8 Å². The van der Waals surface area contributed by atoms with Crippen LogP contribution in [0.2, 0.25) is 0 Å². The van der Waals surface area contributed by atoms with Gasteiger partial charge in [0.05, 0.1) is 0 Å². The topological polar surface area (TPSA) is 107 Å². The average Bonchev–Trinajstić information content (AvgIpc) is 3.25. The number of carbonyl (C=O) groups excluding carboxylic acids is 2. The summed E-state index contributed by atoms with van der Waals surface area (Å²) >= 11 is 1.47. The van der Waals surface area contributed by atoms with Crippen LogP contribution < -0.4 is 16.4 Å². The van der Waals surface area contributed by atoms with Crippen LogP contribution in [-0.2, 0) is 22.6 Å². The summed E-state index contributed by atoms with van der Waals surface area (Å²) < 4.78 is 0. The Morgan fingerprint density at radius 2 is 1.81 bits per heavy atom. The Bertz CT molecular complexity index is 1020. The Hall–Kier alpha value is -2.66. The van der Waals surface area contributed by atoms with E-state index >= 15 is 0 Å². The molecule has 2 fully saturated rings. The summed E-state index contributed by atoms with van der Waals surface area (Å²) in [6.07, 6.45) is 4.41. The molecule has 3 heterocycles. The van der Waals surface area contributed by atoms with Crippen molar-refractivity contribution in [3.05, 3.63) is 59.9 Å². The summed E-state index contributed by atoms with van der Waals surface area (Å²) in [5, 5.41) is 5.60. The highest BCUT2D eigenvalue weighted by atomic mass is 32.2. The number of amides is 2. The van der Waals surface area contributed by atoms with E-state index in [4.69, 9.17) is 5.73 Å². The SMILES string of the molecule is CCN1C(=O)[C@@H](CNc2ccc(CCN3CCN(C)CC3)cc2)SC1[C@H](N)C(=O)NCc1ccncc1. The van der Waals surface area contributed by atoms with E-state index < -0.39 is 11.4 Å². The van der Waals surface area contributed by atoms with Crippen molar-refractivity contribution >= 4 is 29.3 Å². The second-order valence-electron chi connectivity index (χ2n) is 9.71. The van der Waals surface area contributed by atoms with Gasteiger partial charge in [-0.3, -0.25) is 14.6 Å². The zero-order valence-corrected chi connectivity index (χ0v) is 22.6. The van der Waals surface area contributed by atoms with Crippen LogP contribution in [0.5, 0.6) is 0 Å². The van der Waals surface area contributed by atoms with E-state index in [1.165, 1.54) is 17.3 Å². The summed E-state index contributed by atoms with van der Waals surface area (Å²) in [6, 6.07) is 11.4. The standard InChI is InChI=1S/C27H39N7O2S/c1-3-34-26(36)23(37-27(34)24(28)25(35)31-18-21-8-11-29-12-9-21)19-30-22-6-4-20(5-7-22)10-13-33-16-14-32(2)15-17-33/h4-9,11-12,23-24,27,30H,3,10,13-19,28H2,1-2H3,(H,31,35)/t23-,24-,27?/m1/s1. The number of nitrogens with two attached hydrogens (primary N) is 1. The van der Waals surface area contributed by atoms with Crippen LogP contribution >= 0.6 is 11.8 Å². The molecule has 1 unspecified atom stereocenters. The Balaban J connectivity index is 1.24. The molecule has 0 aliphatic carbocycles. The molecule has 2 aromatic rings. The summed E-state index contributed by atoms with van der Waals surface area (Å²) in [5.41, 5.74) is 9.58. The summed E-state index contributed by atoms with van der Waals surface area (Å²) in [4.78, 5) is 36.4. The molecule has 0 saturated carbocycles. The monoisotopic (exact) mass is 525 g/mol. The minimum absolute atomic E-state index is 0.0196. The lowest BCUT2D eigenvalue weighted by molar-refractivity contribution is -0.131. The molecule has 4 N–H and O–H groups in total. The van der Waals surface area contributed by atoms with E-state index in [1.807, 2.05) is 19.1 Å². The van der Waals surface area contributed by atoms with Gasteiger partial charge in [0.2, 0.25) is 11.8 Å². The molecule has 2 aliphatic rings. The van der Waals surface area contributed by atoms with Crippen LogP contribution in [0.25, 0.3) is 0 Å². The molecule has 0 spiro atoms. The van der Waals surface area contributed by atoms with Gasteiger partial charge < -0.3 is 31.1 Å². The van der Waals surface area contributed by atoms with Crippen LogP contribution in [0.4, 0.5) is 5.69 Å². The Morgan fingerprint density at radius 3 is 2.49 bits per heavy atom. The second kappa shape index (κ2) is 13.2. The quantitative estimate of drug-likeness (QED) is 0.402. The van der Waals surface area contributed by atoms with Crippen molar-refractivity contribution < 1.29 is 9.59 Å². The minimum atomic E-state index is -0.805. The van der Waals surface area contributed by atoms with Crippen molar-refractivity contribution in [2.75, 3.05) is 58.2 Å². The Kier molecular flexibility index (Phi) is 9.79. The Morgan fingerprint density at radius 1 is 1.11 bits per heavy atom. The third-order valence-corrected chi connectivity index (χ3v) is 8.62. The van der Waals surface area contributed by atoms with Crippen LogP contribution in [-0.4, -0.2) is 101 Å². The number of thioether (sulfide) groups is 1. The molecule has 10 heteroatoms. The van der Waals surface area contributed by atoms with E-state index in [0.29, 0.717) is 19.6 Å². The number of anilines is 1. The number of hydrogen-bond acceptors (Lipinski definition) is 8. The van der Waals surface area contributed by atoms with Gasteiger partial charge in [-0.2, -0.15) is 0 Å². The normalized spacial score (nSPS) is 21.7. The number of nitrogens with one attached hydrogen (secondary N) is 2. The average molecular weight is 526 g/mol. The van der Waals surface area contributed by atoms with Gasteiger partial charge in [0.1, 0.15) is 16.7 Å². The van der Waals surface area contributed by atoms with Gasteiger partial charge in [-0.1, -0.05) is 12.1 Å². The summed E-state index contributed by atoms with van der Waals surface area (Å²) in [7, 11) is 2.18. The first-order chi connectivity index (χ1) is 17.9. The number of hydrogen-bond donors (Lipinski definition) is 3. The third-order valence-electron chi connectivity index (χ3n) is 7.09. The van der Waals surface area contributed by atoms with Gasteiger partial charge in [0.15, 0.2) is 0 Å². The van der Waals surface area contributed by atoms with Crippen LogP contribution in [0.3, 0.4) is 0 Å². The molecule has 2 saturated heterocycles. The van der Waals surface area contributed by atoms with Gasteiger partial charge >= 0.3 is 0 Å². The number of piperazine rings is 1. The molecule has 2 amide bonds. The second-order valence-corrected chi connectivity index (χ2v) is 11.0. The fourth-order valence-electron chi connectivity index (χ4n) is 4.66. The maximum atomic E-state index is 13.0. The van der Waals surface area contributed by atoms with Crippen molar-refractivity contribution in [1.82, 2.24) is 25.0 Å². The highest BCUT2D eigenvalue weighted by molar-refractivity contribution is 8.01. The zero-order valence-electron chi connectivity index (χ0n) is 21.8. The molecule has 4 rings (SSSR count). The smallest absolute Gasteiger partial charge is 0.240 e. The lowest BCUT2D eigenvalue weighted by Gasteiger charge is -2.32. The molecule has 9 nitrogen and oxygen atoms in total. The first-order valence-corrected chi connectivity index (χ1v) is 14.0. The van der Waals surface area contributed by atoms with Crippen molar-refractivity contribution in [3.8, 4) is 0 Å². The predicted molar refractivity (Wildman–Crippen MR) is 149 cm³/mol. The predicted octanol–water partition coefficient (Wildman–Crippen LogP) is 1.22. The molecule has 200 valence electrons. The number of nitrogens with zero attached hydrogens (tertiary/aromatic N) is 4. The molecule has 2 aliphatic heterocycles. The van der Waals surface area contributed by atoms with Crippen molar-refractivity contribution in [1.29, 1.82) is 0 Å². The van der Waals surface area contributed by atoms with E-state index in [2.05, 4.69) is 56.7 Å². The first-order valence-electron chi connectivity index (χ1n) is 13.1. The first kappa shape index (κ1) is 27.4. The summed E-state index contributed by atoms with van der Waals surface area (Å²) in [6.45, 7) is 8.93. The maximum Gasteiger partial charge on any atom is 0.240 e. The highest BCUT2D eigenvalue weighted by Gasteiger charge is 2.44. The number of pyridine rings is 1. The van der Waals surface area contributed by atoms with E-state index in [0.717, 1.165) is 50.4 Å². The number of aromatic nitrogens is 1. The highest BCUT2D eigenvalue weighted by Crippen LogP contribution is 2.33. The van der Waals surface area contributed by atoms with Gasteiger partial charge in [-0.15, -0.1) is 11.8 Å². The van der Waals surface area contributed by atoms with Crippen LogP contribution in [0.15, 0.2) is 48.8 Å². The number of likely N-dealkylation sites (N-methyl/N-ethyl adjacent to an activating group) is 2. The van der Waals surface area contributed by atoms with Gasteiger partial charge in [0, 0.05) is 70.4 Å². The molecule has 0 radical (unpaired) electrons. The largest absolute Gasteiger partial charge is 0.383 e. The number of rotatable bonds is 11. The molecular formula is C27H39N7O2S. The van der Waals surface area contributed by atoms with E-state index in [1.54, 1.807) is 17.3 Å². The van der Waals surface area contributed by atoms with Crippen molar-refractivity contribution in [2.24, 2.45) is 5.73 Å². The maximum absolute atomic E-state index is 13.0. The number of carbonyl (C=O) groups is 2. The van der Waals surface area contributed by atoms with Gasteiger partial charge in [-0.25, -0.2) is 0 Å². The van der Waals surface area contributed by atoms with Gasteiger partial charge in [0.25, 0.3) is 0 Å². The lowest BCUT2D eigenvalue weighted by atomic mass is 10.1. The van der Waals surface area contributed by atoms with E-state index in [-0.39, 0.29) is 17.1 Å². The summed E-state index contributed by atoms with van der Waals surface area (Å²) in [5.74, 6) is -0.243. The molecule has 37 heavy (non-hydrogen) atoms. The molecule has 1 aromatic carbocycles. The fourth-order valence-corrected chi connectivity index (χ4v) is 6.12. The van der Waals surface area contributed by atoms with E-state index in [9.17, 15) is 9.59 Å². The van der Waals surface area contributed by atoms with Crippen molar-refractivity contribution in [3.63, 3.8) is 0 Å². The number of benzene rings is 1. The molecule has 0 bridgehead atoms. The minimum Gasteiger partial charge on any atom is -0.383 e. The zero-order chi connectivity index (χ0) is 26.2. The molecule has 3 atom stereocenters.